The summed E-state index contributed by atoms with van der Waals surface area (Å²) >= 11 is 5.91. The van der Waals surface area contributed by atoms with E-state index in [4.69, 9.17) is 16.3 Å². The summed E-state index contributed by atoms with van der Waals surface area (Å²) < 4.78 is 7.73. The van der Waals surface area contributed by atoms with E-state index in [1.807, 2.05) is 18.5 Å². The topological polar surface area (TPSA) is 85.3 Å². The molecule has 33 heavy (non-hydrogen) atoms. The Morgan fingerprint density at radius 2 is 1.97 bits per heavy atom. The van der Waals surface area contributed by atoms with Crippen LogP contribution in [-0.4, -0.2) is 28.1 Å². The summed E-state index contributed by atoms with van der Waals surface area (Å²) in [6.45, 7) is 7.39. The molecule has 0 atom stereocenters. The van der Waals surface area contributed by atoms with Crippen LogP contribution in [0, 0.1) is 13.8 Å². The lowest BCUT2D eigenvalue weighted by molar-refractivity contribution is -0.115. The first kappa shape index (κ1) is 22.6. The summed E-state index contributed by atoms with van der Waals surface area (Å²) in [5.41, 5.74) is 4.96. The number of carbonyl (C=O) groups is 2. The second-order valence-electron chi connectivity index (χ2n) is 7.80. The van der Waals surface area contributed by atoms with Crippen molar-refractivity contribution < 1.29 is 14.3 Å². The Morgan fingerprint density at radius 3 is 2.67 bits per heavy atom. The van der Waals surface area contributed by atoms with Gasteiger partial charge in [-0.05, 0) is 74.7 Å². The fraction of sp³-hybridized carbons (Fsp3) is 0.240. The molecular weight excluding hydrogens is 440 g/mol. The van der Waals surface area contributed by atoms with Gasteiger partial charge in [0.15, 0.2) is 11.5 Å². The summed E-state index contributed by atoms with van der Waals surface area (Å²) in [7, 11) is 0. The van der Waals surface area contributed by atoms with Crippen molar-refractivity contribution in [1.82, 2.24) is 15.1 Å². The van der Waals surface area contributed by atoms with Crippen LogP contribution in [0.5, 0.6) is 5.75 Å². The molecule has 4 rings (SSSR count). The van der Waals surface area contributed by atoms with Crippen LogP contribution in [0.4, 0.5) is 5.69 Å². The molecule has 7 nitrogen and oxygen atoms in total. The summed E-state index contributed by atoms with van der Waals surface area (Å²) in [5.74, 6) is 0.0478. The molecule has 170 valence electrons. The van der Waals surface area contributed by atoms with Gasteiger partial charge in [0, 0.05) is 29.4 Å². The van der Waals surface area contributed by atoms with Crippen molar-refractivity contribution in [3.63, 3.8) is 0 Å². The molecule has 0 unspecified atom stereocenters. The molecule has 0 saturated carbocycles. The minimum absolute atomic E-state index is 0.167. The maximum Gasteiger partial charge on any atom is 0.291 e. The number of halogens is 1. The fourth-order valence-electron chi connectivity index (χ4n) is 3.82. The zero-order valence-corrected chi connectivity index (χ0v) is 19.5. The third-order valence-corrected chi connectivity index (χ3v) is 5.84. The molecule has 1 aromatic heterocycles. The number of benzene rings is 2. The average Bonchev–Trinajstić information content (AvgIpc) is 3.08. The van der Waals surface area contributed by atoms with Crippen LogP contribution in [0.25, 0.3) is 6.08 Å². The van der Waals surface area contributed by atoms with Crippen LogP contribution < -0.4 is 15.4 Å². The third-order valence-electron chi connectivity index (χ3n) is 5.59. The number of fused-ring (bicyclic) bond motifs is 1. The van der Waals surface area contributed by atoms with Gasteiger partial charge in [0.1, 0.15) is 0 Å². The summed E-state index contributed by atoms with van der Waals surface area (Å²) in [4.78, 5) is 25.1. The van der Waals surface area contributed by atoms with Crippen molar-refractivity contribution in [2.24, 2.45) is 0 Å². The number of rotatable bonds is 6. The number of anilines is 1. The van der Waals surface area contributed by atoms with Gasteiger partial charge in [-0.15, -0.1) is 0 Å². The standard InChI is InChI=1S/C25H25ClN4O3/c1-4-30-16(3)20(15(2)29-30)11-12-27-24(31)18-7-10-22-21(14-18)28-25(32)23(33-22)13-17-5-8-19(26)9-6-17/h5-10,13-14H,4,11-12H2,1-3H3,(H,27,31)(H,28,32). The monoisotopic (exact) mass is 464 g/mol. The van der Waals surface area contributed by atoms with Gasteiger partial charge in [-0.1, -0.05) is 23.7 Å². The van der Waals surface area contributed by atoms with Crippen LogP contribution in [0.15, 0.2) is 48.2 Å². The number of nitrogens with one attached hydrogen (secondary N) is 2. The number of hydrogen-bond donors (Lipinski definition) is 2. The largest absolute Gasteiger partial charge is 0.449 e. The van der Waals surface area contributed by atoms with Crippen molar-refractivity contribution in [2.45, 2.75) is 33.7 Å². The molecular formula is C25H25ClN4O3. The van der Waals surface area contributed by atoms with Gasteiger partial charge < -0.3 is 15.4 Å². The van der Waals surface area contributed by atoms with Crippen LogP contribution in [0.2, 0.25) is 5.02 Å². The van der Waals surface area contributed by atoms with E-state index in [0.29, 0.717) is 35.0 Å². The number of ether oxygens (including phenoxy) is 1. The van der Waals surface area contributed by atoms with Crippen LogP contribution in [0.3, 0.4) is 0 Å². The number of aryl methyl sites for hydroxylation is 2. The maximum absolute atomic E-state index is 12.7. The van der Waals surface area contributed by atoms with E-state index >= 15 is 0 Å². The molecule has 2 amide bonds. The molecule has 0 aliphatic carbocycles. The Kier molecular flexibility index (Phi) is 6.51. The van der Waals surface area contributed by atoms with E-state index in [-0.39, 0.29) is 17.6 Å². The zero-order chi connectivity index (χ0) is 23.5. The zero-order valence-electron chi connectivity index (χ0n) is 18.7. The normalized spacial score (nSPS) is 13.9. The SMILES string of the molecule is CCn1nc(C)c(CCNC(=O)c2ccc3c(c2)NC(=O)C(=Cc2ccc(Cl)cc2)O3)c1C. The van der Waals surface area contributed by atoms with Gasteiger partial charge >= 0.3 is 0 Å². The number of aromatic nitrogens is 2. The van der Waals surface area contributed by atoms with Crippen molar-refractivity contribution in [2.75, 3.05) is 11.9 Å². The molecule has 0 bridgehead atoms. The molecule has 0 radical (unpaired) electrons. The van der Waals surface area contributed by atoms with E-state index in [0.717, 1.165) is 29.1 Å². The second kappa shape index (κ2) is 9.50. The molecule has 0 fully saturated rings. The Bertz CT molecular complexity index is 1250. The highest BCUT2D eigenvalue weighted by atomic mass is 35.5. The molecule has 2 aromatic carbocycles. The maximum atomic E-state index is 12.7. The lowest BCUT2D eigenvalue weighted by atomic mass is 10.1. The Labute approximate surface area is 197 Å². The van der Waals surface area contributed by atoms with E-state index in [1.165, 1.54) is 0 Å². The number of carbonyl (C=O) groups excluding carboxylic acids is 2. The van der Waals surface area contributed by atoms with Crippen LogP contribution in [0.1, 0.15) is 39.8 Å². The van der Waals surface area contributed by atoms with Gasteiger partial charge in [-0.25, -0.2) is 0 Å². The Morgan fingerprint density at radius 1 is 1.21 bits per heavy atom. The Hall–Kier alpha value is -3.58. The van der Waals surface area contributed by atoms with Gasteiger partial charge in [-0.3, -0.25) is 14.3 Å². The molecule has 8 heteroatoms. The lowest BCUT2D eigenvalue weighted by Gasteiger charge is -2.20. The van der Waals surface area contributed by atoms with Crippen LogP contribution in [-0.2, 0) is 17.8 Å². The molecule has 1 aliphatic heterocycles. The lowest BCUT2D eigenvalue weighted by Crippen LogP contribution is -2.27. The average molecular weight is 465 g/mol. The van der Waals surface area contributed by atoms with E-state index in [9.17, 15) is 9.59 Å². The van der Waals surface area contributed by atoms with E-state index < -0.39 is 0 Å². The molecule has 3 aromatic rings. The van der Waals surface area contributed by atoms with Gasteiger partial charge in [0.25, 0.3) is 11.8 Å². The first-order valence-electron chi connectivity index (χ1n) is 10.8. The quantitative estimate of drug-likeness (QED) is 0.525. The van der Waals surface area contributed by atoms with Crippen molar-refractivity contribution in [1.29, 1.82) is 0 Å². The first-order chi connectivity index (χ1) is 15.9. The van der Waals surface area contributed by atoms with Crippen molar-refractivity contribution in [3.05, 3.63) is 81.3 Å². The number of nitrogens with zero attached hydrogens (tertiary/aromatic N) is 2. The molecule has 1 aliphatic rings. The summed E-state index contributed by atoms with van der Waals surface area (Å²) in [6.07, 6.45) is 2.34. The summed E-state index contributed by atoms with van der Waals surface area (Å²) in [5, 5.41) is 10.9. The van der Waals surface area contributed by atoms with Crippen LogP contribution >= 0.6 is 11.6 Å². The second-order valence-corrected chi connectivity index (χ2v) is 8.23. The van der Waals surface area contributed by atoms with Crippen molar-refractivity contribution in [3.8, 4) is 5.75 Å². The van der Waals surface area contributed by atoms with E-state index in [1.54, 1.807) is 48.5 Å². The van der Waals surface area contributed by atoms with Gasteiger partial charge in [0.05, 0.1) is 11.4 Å². The summed E-state index contributed by atoms with van der Waals surface area (Å²) in [6, 6.07) is 12.1. The van der Waals surface area contributed by atoms with Crippen molar-refractivity contribution >= 4 is 35.2 Å². The number of hydrogen-bond acceptors (Lipinski definition) is 4. The smallest absolute Gasteiger partial charge is 0.291 e. The molecule has 2 N–H and O–H groups in total. The highest BCUT2D eigenvalue weighted by molar-refractivity contribution is 6.30. The fourth-order valence-corrected chi connectivity index (χ4v) is 3.94. The molecule has 0 spiro atoms. The predicted octanol–water partition coefficient (Wildman–Crippen LogP) is 4.52. The van der Waals surface area contributed by atoms with E-state index in [2.05, 4.69) is 22.7 Å². The molecule has 0 saturated heterocycles. The predicted molar refractivity (Wildman–Crippen MR) is 129 cm³/mol. The Balaban J connectivity index is 1.42. The minimum atomic E-state index is -0.381. The third kappa shape index (κ3) is 4.93. The van der Waals surface area contributed by atoms with Gasteiger partial charge in [-0.2, -0.15) is 5.10 Å². The van der Waals surface area contributed by atoms with Gasteiger partial charge in [0.2, 0.25) is 0 Å². The highest BCUT2D eigenvalue weighted by Crippen LogP contribution is 2.32. The molecule has 2 heterocycles. The number of amides is 2. The minimum Gasteiger partial charge on any atom is -0.449 e. The first-order valence-corrected chi connectivity index (χ1v) is 11.1. The highest BCUT2D eigenvalue weighted by Gasteiger charge is 2.23.